The van der Waals surface area contributed by atoms with Crippen molar-refractivity contribution in [1.82, 2.24) is 10.2 Å². The van der Waals surface area contributed by atoms with Gasteiger partial charge in [0.15, 0.2) is 0 Å². The Hall–Kier alpha value is -1.30. The molecule has 20 heavy (non-hydrogen) atoms. The molecule has 1 aromatic carbocycles. The topological polar surface area (TPSA) is 27.6 Å². The van der Waals surface area contributed by atoms with E-state index in [1.807, 2.05) is 23.1 Å². The lowest BCUT2D eigenvalue weighted by molar-refractivity contribution is 0.358. The molecule has 2 aliphatic heterocycles. The average molecular weight is 301 g/mol. The number of piperazine rings is 1. The number of aliphatic imine (C=N–C) groups is 1. The average Bonchev–Trinajstić information content (AvgIpc) is 2.89. The zero-order valence-corrected chi connectivity index (χ0v) is 12.6. The molecule has 3 heterocycles. The molecule has 0 spiro atoms. The van der Waals surface area contributed by atoms with Crippen LogP contribution in [0.15, 0.2) is 49.8 Å². The molecule has 2 aromatic rings. The summed E-state index contributed by atoms with van der Waals surface area (Å²) in [5.41, 5.74) is 2.38. The molecule has 2 aliphatic rings. The van der Waals surface area contributed by atoms with E-state index in [0.717, 1.165) is 37.7 Å². The third kappa shape index (κ3) is 2.16. The molecule has 0 amide bonds. The van der Waals surface area contributed by atoms with Crippen LogP contribution < -0.4 is 5.32 Å². The zero-order chi connectivity index (χ0) is 13.4. The molecule has 5 heteroatoms. The third-order valence-corrected chi connectivity index (χ3v) is 5.80. The molecular weight excluding hydrogens is 286 g/mol. The van der Waals surface area contributed by atoms with Crippen LogP contribution in [-0.2, 0) is 0 Å². The lowest BCUT2D eigenvalue weighted by atomic mass is 10.2. The standard InChI is InChI=1S/C15H15N3S2/c1-2-4-13-12(3-1)17-14(18-8-6-16-7-9-18)11-5-10-19-15(11)20-13/h1-5,10,16H,6-9H2. The monoisotopic (exact) mass is 301 g/mol. The van der Waals surface area contributed by atoms with Gasteiger partial charge >= 0.3 is 0 Å². The van der Waals surface area contributed by atoms with E-state index < -0.39 is 0 Å². The predicted octanol–water partition coefficient (Wildman–Crippen LogP) is 3.20. The summed E-state index contributed by atoms with van der Waals surface area (Å²) in [7, 11) is 0. The number of hydrogen-bond donors (Lipinski definition) is 1. The summed E-state index contributed by atoms with van der Waals surface area (Å²) in [5.74, 6) is 1.14. The third-order valence-electron chi connectivity index (χ3n) is 3.58. The highest BCUT2D eigenvalue weighted by atomic mass is 32.2. The van der Waals surface area contributed by atoms with E-state index in [1.54, 1.807) is 0 Å². The van der Waals surface area contributed by atoms with Gasteiger partial charge in [-0.2, -0.15) is 0 Å². The fourth-order valence-corrected chi connectivity index (χ4v) is 4.64. The molecule has 0 bridgehead atoms. The van der Waals surface area contributed by atoms with Crippen LogP contribution in [0.5, 0.6) is 0 Å². The van der Waals surface area contributed by atoms with Gasteiger partial charge in [0.25, 0.3) is 0 Å². The molecule has 0 unspecified atom stereocenters. The van der Waals surface area contributed by atoms with Crippen molar-refractivity contribution < 1.29 is 0 Å². The number of nitrogens with one attached hydrogen (secondary N) is 1. The second kappa shape index (κ2) is 5.24. The normalized spacial score (nSPS) is 18.0. The van der Waals surface area contributed by atoms with Crippen LogP contribution in [0.4, 0.5) is 5.69 Å². The minimum atomic E-state index is 1.03. The Labute approximate surface area is 126 Å². The first kappa shape index (κ1) is 12.4. The molecule has 0 atom stereocenters. The number of benzene rings is 1. The fraction of sp³-hybridized carbons (Fsp3) is 0.267. The number of fused-ring (bicyclic) bond motifs is 2. The summed E-state index contributed by atoms with van der Waals surface area (Å²) in [6.45, 7) is 4.13. The van der Waals surface area contributed by atoms with Crippen LogP contribution in [-0.4, -0.2) is 36.9 Å². The number of thiophene rings is 1. The van der Waals surface area contributed by atoms with Gasteiger partial charge < -0.3 is 10.2 Å². The molecule has 0 radical (unpaired) electrons. The molecule has 0 saturated carbocycles. The van der Waals surface area contributed by atoms with Gasteiger partial charge in [-0.1, -0.05) is 23.9 Å². The fourth-order valence-electron chi connectivity index (χ4n) is 2.57. The van der Waals surface area contributed by atoms with Crippen LogP contribution in [0.1, 0.15) is 5.56 Å². The maximum atomic E-state index is 4.98. The van der Waals surface area contributed by atoms with E-state index in [9.17, 15) is 0 Å². The highest BCUT2D eigenvalue weighted by Gasteiger charge is 2.23. The van der Waals surface area contributed by atoms with Crippen molar-refractivity contribution in [3.63, 3.8) is 0 Å². The van der Waals surface area contributed by atoms with Crippen LogP contribution in [0, 0.1) is 0 Å². The number of hydrogen-bond acceptors (Lipinski definition) is 5. The maximum Gasteiger partial charge on any atom is 0.138 e. The molecule has 1 fully saturated rings. The van der Waals surface area contributed by atoms with Crippen molar-refractivity contribution in [2.45, 2.75) is 9.10 Å². The quantitative estimate of drug-likeness (QED) is 0.810. The molecule has 1 saturated heterocycles. The van der Waals surface area contributed by atoms with Crippen molar-refractivity contribution in [2.75, 3.05) is 26.2 Å². The van der Waals surface area contributed by atoms with Gasteiger partial charge in [0.2, 0.25) is 0 Å². The lowest BCUT2D eigenvalue weighted by Crippen LogP contribution is -2.46. The second-order valence-electron chi connectivity index (χ2n) is 4.86. The van der Waals surface area contributed by atoms with E-state index in [0.29, 0.717) is 0 Å². The van der Waals surface area contributed by atoms with Gasteiger partial charge in [0, 0.05) is 36.6 Å². The van der Waals surface area contributed by atoms with Crippen molar-refractivity contribution in [2.24, 2.45) is 4.99 Å². The summed E-state index contributed by atoms with van der Waals surface area (Å²) in [5, 5.41) is 5.58. The Bertz CT molecular complexity index is 657. The van der Waals surface area contributed by atoms with Gasteiger partial charge in [-0.25, -0.2) is 4.99 Å². The minimum Gasteiger partial charge on any atom is -0.353 e. The number of amidine groups is 1. The summed E-state index contributed by atoms with van der Waals surface area (Å²) in [6, 6.07) is 10.6. The van der Waals surface area contributed by atoms with E-state index >= 15 is 0 Å². The van der Waals surface area contributed by atoms with E-state index in [1.165, 1.54) is 14.7 Å². The smallest absolute Gasteiger partial charge is 0.138 e. The molecule has 3 nitrogen and oxygen atoms in total. The highest BCUT2D eigenvalue weighted by molar-refractivity contribution is 8.01. The van der Waals surface area contributed by atoms with Crippen LogP contribution in [0.3, 0.4) is 0 Å². The number of rotatable bonds is 0. The Kier molecular flexibility index (Phi) is 3.26. The molecule has 102 valence electrons. The lowest BCUT2D eigenvalue weighted by Gasteiger charge is -2.30. The Morgan fingerprint density at radius 1 is 1.10 bits per heavy atom. The summed E-state index contributed by atoms with van der Waals surface area (Å²) >= 11 is 3.65. The Morgan fingerprint density at radius 3 is 2.85 bits per heavy atom. The van der Waals surface area contributed by atoms with Crippen LogP contribution in [0.2, 0.25) is 0 Å². The van der Waals surface area contributed by atoms with E-state index in [2.05, 4.69) is 45.9 Å². The predicted molar refractivity (Wildman–Crippen MR) is 85.5 cm³/mol. The largest absolute Gasteiger partial charge is 0.353 e. The Morgan fingerprint density at radius 2 is 1.95 bits per heavy atom. The van der Waals surface area contributed by atoms with Crippen LogP contribution in [0.25, 0.3) is 0 Å². The molecule has 1 aromatic heterocycles. The molecule has 4 rings (SSSR count). The first-order valence-corrected chi connectivity index (χ1v) is 8.50. The van der Waals surface area contributed by atoms with E-state index in [-0.39, 0.29) is 0 Å². The van der Waals surface area contributed by atoms with Crippen LogP contribution >= 0.6 is 23.1 Å². The van der Waals surface area contributed by atoms with Crippen molar-refractivity contribution in [3.05, 3.63) is 41.3 Å². The van der Waals surface area contributed by atoms with E-state index in [4.69, 9.17) is 4.99 Å². The summed E-state index contributed by atoms with van der Waals surface area (Å²) < 4.78 is 1.35. The van der Waals surface area contributed by atoms with Gasteiger partial charge in [-0.05, 0) is 23.6 Å². The first-order valence-electron chi connectivity index (χ1n) is 6.81. The van der Waals surface area contributed by atoms with Crippen molar-refractivity contribution >= 4 is 34.6 Å². The van der Waals surface area contributed by atoms with Gasteiger partial charge in [0.1, 0.15) is 5.84 Å². The highest BCUT2D eigenvalue weighted by Crippen LogP contribution is 2.43. The van der Waals surface area contributed by atoms with Gasteiger partial charge in [-0.15, -0.1) is 11.3 Å². The van der Waals surface area contributed by atoms with Crippen molar-refractivity contribution in [3.8, 4) is 0 Å². The molecular formula is C15H15N3S2. The maximum absolute atomic E-state index is 4.98. The number of para-hydroxylation sites is 1. The summed E-state index contributed by atoms with van der Waals surface area (Å²) in [4.78, 5) is 8.64. The summed E-state index contributed by atoms with van der Waals surface area (Å²) in [6.07, 6.45) is 0. The minimum absolute atomic E-state index is 1.03. The Balaban J connectivity index is 1.84. The first-order chi connectivity index (χ1) is 9.92. The second-order valence-corrected chi connectivity index (χ2v) is 7.09. The molecule has 0 aliphatic carbocycles. The van der Waals surface area contributed by atoms with Gasteiger partial charge in [0.05, 0.1) is 9.90 Å². The molecule has 1 N–H and O–H groups in total. The SMILES string of the molecule is c1ccc2c(c1)N=C(N1CCNCC1)c1ccsc1S2. The zero-order valence-electron chi connectivity index (χ0n) is 11.0. The van der Waals surface area contributed by atoms with Gasteiger partial charge in [-0.3, -0.25) is 0 Å². The van der Waals surface area contributed by atoms with Crippen molar-refractivity contribution in [1.29, 1.82) is 0 Å². The number of nitrogens with zero attached hydrogens (tertiary/aromatic N) is 2.